The maximum Gasteiger partial charge on any atom is 0.133 e. The van der Waals surface area contributed by atoms with Gasteiger partial charge in [-0.25, -0.2) is 0 Å². The topological polar surface area (TPSA) is 47.3 Å². The van der Waals surface area contributed by atoms with E-state index in [-0.39, 0.29) is 6.04 Å². The molecule has 106 valence electrons. The smallest absolute Gasteiger partial charge is 0.133 e. The van der Waals surface area contributed by atoms with Crippen molar-refractivity contribution in [3.05, 3.63) is 63.6 Å². The van der Waals surface area contributed by atoms with E-state index in [1.807, 2.05) is 6.07 Å². The summed E-state index contributed by atoms with van der Waals surface area (Å²) in [5.74, 6) is 6.55. The lowest BCUT2D eigenvalue weighted by atomic mass is 9.98. The average Bonchev–Trinajstić information content (AvgIpc) is 2.45. The molecule has 3 N–H and O–H groups in total. The number of hydrogen-bond acceptors (Lipinski definition) is 3. The van der Waals surface area contributed by atoms with Gasteiger partial charge in [-0.2, -0.15) is 0 Å². The van der Waals surface area contributed by atoms with E-state index in [9.17, 15) is 0 Å². The van der Waals surface area contributed by atoms with Gasteiger partial charge in [-0.3, -0.25) is 11.3 Å². The third-order valence-electron chi connectivity index (χ3n) is 3.30. The average molecular weight is 335 g/mol. The molecular weight excluding hydrogens is 316 g/mol. The molecule has 20 heavy (non-hydrogen) atoms. The largest absolute Gasteiger partial charge is 0.496 e. The van der Waals surface area contributed by atoms with Crippen LogP contribution in [0, 0.1) is 6.92 Å². The van der Waals surface area contributed by atoms with Crippen molar-refractivity contribution < 1.29 is 4.74 Å². The molecular formula is C16H19BrN2O. The number of methoxy groups -OCH3 is 1. The molecule has 0 aliphatic heterocycles. The third-order valence-corrected chi connectivity index (χ3v) is 3.92. The van der Waals surface area contributed by atoms with Gasteiger partial charge in [-0.1, -0.05) is 35.9 Å². The first-order chi connectivity index (χ1) is 9.63. The second-order valence-corrected chi connectivity index (χ2v) is 5.66. The highest BCUT2D eigenvalue weighted by atomic mass is 79.9. The molecule has 0 heterocycles. The van der Waals surface area contributed by atoms with Gasteiger partial charge >= 0.3 is 0 Å². The summed E-state index contributed by atoms with van der Waals surface area (Å²) in [4.78, 5) is 0. The maximum atomic E-state index is 5.71. The van der Waals surface area contributed by atoms with Crippen LogP contribution >= 0.6 is 15.9 Å². The number of nitrogens with one attached hydrogen (secondary N) is 1. The Morgan fingerprint density at radius 2 is 2.05 bits per heavy atom. The minimum absolute atomic E-state index is 0.0928. The number of hydrazine groups is 1. The van der Waals surface area contributed by atoms with Gasteiger partial charge in [0, 0.05) is 6.04 Å². The standard InChI is InChI=1S/C16H19BrN2O/c1-11-4-3-5-13(8-11)15(19-18)10-12-6-7-16(20-2)14(17)9-12/h3-9,15,19H,10,18H2,1-2H3. The van der Waals surface area contributed by atoms with E-state index in [1.54, 1.807) is 7.11 Å². The Balaban J connectivity index is 2.20. The Morgan fingerprint density at radius 3 is 2.65 bits per heavy atom. The molecule has 0 aliphatic carbocycles. The zero-order chi connectivity index (χ0) is 14.5. The number of benzene rings is 2. The first-order valence-corrected chi connectivity index (χ1v) is 7.28. The molecule has 1 unspecified atom stereocenters. The van der Waals surface area contributed by atoms with Crippen molar-refractivity contribution in [1.29, 1.82) is 0 Å². The Labute approximate surface area is 128 Å². The van der Waals surface area contributed by atoms with Crippen LogP contribution < -0.4 is 16.0 Å². The third kappa shape index (κ3) is 3.60. The van der Waals surface area contributed by atoms with E-state index >= 15 is 0 Å². The predicted molar refractivity (Wildman–Crippen MR) is 85.6 cm³/mol. The van der Waals surface area contributed by atoms with Crippen LogP contribution in [0.25, 0.3) is 0 Å². The van der Waals surface area contributed by atoms with E-state index in [2.05, 4.69) is 64.7 Å². The first kappa shape index (κ1) is 15.0. The van der Waals surface area contributed by atoms with Crippen LogP contribution in [0.1, 0.15) is 22.7 Å². The molecule has 2 rings (SSSR count). The Bertz CT molecular complexity index is 586. The van der Waals surface area contributed by atoms with E-state index in [0.29, 0.717) is 0 Å². The lowest BCUT2D eigenvalue weighted by Crippen LogP contribution is -2.29. The van der Waals surface area contributed by atoms with Crippen molar-refractivity contribution in [2.24, 2.45) is 5.84 Å². The highest BCUT2D eigenvalue weighted by Crippen LogP contribution is 2.27. The minimum atomic E-state index is 0.0928. The van der Waals surface area contributed by atoms with Crippen molar-refractivity contribution in [1.82, 2.24) is 5.43 Å². The number of ether oxygens (including phenoxy) is 1. The molecule has 1 atom stereocenters. The summed E-state index contributed by atoms with van der Waals surface area (Å²) in [5.41, 5.74) is 6.52. The van der Waals surface area contributed by atoms with Gasteiger partial charge in [-0.05, 0) is 52.5 Å². The number of halogens is 1. The van der Waals surface area contributed by atoms with Gasteiger partial charge in [-0.15, -0.1) is 0 Å². The van der Waals surface area contributed by atoms with Crippen LogP contribution in [0.3, 0.4) is 0 Å². The van der Waals surface area contributed by atoms with Crippen LogP contribution in [0.4, 0.5) is 0 Å². The Morgan fingerprint density at radius 1 is 1.25 bits per heavy atom. The molecule has 0 aromatic heterocycles. The summed E-state index contributed by atoms with van der Waals surface area (Å²) in [6.07, 6.45) is 0.822. The first-order valence-electron chi connectivity index (χ1n) is 6.49. The molecule has 0 aliphatic rings. The molecule has 0 bridgehead atoms. The van der Waals surface area contributed by atoms with E-state index in [0.717, 1.165) is 16.6 Å². The zero-order valence-electron chi connectivity index (χ0n) is 11.7. The molecule has 0 spiro atoms. The maximum absolute atomic E-state index is 5.71. The molecule has 2 aromatic rings. The molecule has 3 nitrogen and oxygen atoms in total. The SMILES string of the molecule is COc1ccc(CC(NN)c2cccc(C)c2)cc1Br. The summed E-state index contributed by atoms with van der Waals surface area (Å²) in [6, 6.07) is 14.6. The van der Waals surface area contributed by atoms with E-state index in [1.165, 1.54) is 16.7 Å². The summed E-state index contributed by atoms with van der Waals surface area (Å²) >= 11 is 3.51. The van der Waals surface area contributed by atoms with Gasteiger partial charge in [0.2, 0.25) is 0 Å². The second-order valence-electron chi connectivity index (χ2n) is 4.81. The fourth-order valence-electron chi connectivity index (χ4n) is 2.23. The quantitative estimate of drug-likeness (QED) is 0.649. The van der Waals surface area contributed by atoms with Crippen LogP contribution in [0.15, 0.2) is 46.9 Å². The molecule has 2 aromatic carbocycles. The van der Waals surface area contributed by atoms with Crippen LogP contribution in [-0.4, -0.2) is 7.11 Å². The fourth-order valence-corrected chi connectivity index (χ4v) is 2.82. The van der Waals surface area contributed by atoms with Crippen molar-refractivity contribution >= 4 is 15.9 Å². The number of aryl methyl sites for hydroxylation is 1. The zero-order valence-corrected chi connectivity index (χ0v) is 13.3. The van der Waals surface area contributed by atoms with Crippen molar-refractivity contribution in [3.63, 3.8) is 0 Å². The van der Waals surface area contributed by atoms with Gasteiger partial charge in [0.25, 0.3) is 0 Å². The van der Waals surface area contributed by atoms with Crippen molar-refractivity contribution in [2.75, 3.05) is 7.11 Å². The fraction of sp³-hybridized carbons (Fsp3) is 0.250. The van der Waals surface area contributed by atoms with Crippen LogP contribution in [0.5, 0.6) is 5.75 Å². The van der Waals surface area contributed by atoms with Gasteiger partial charge in [0.05, 0.1) is 11.6 Å². The summed E-state index contributed by atoms with van der Waals surface area (Å²) in [5, 5.41) is 0. The molecule has 4 heteroatoms. The normalized spacial score (nSPS) is 12.2. The lowest BCUT2D eigenvalue weighted by Gasteiger charge is -2.17. The molecule has 0 saturated heterocycles. The number of rotatable bonds is 5. The summed E-state index contributed by atoms with van der Waals surface area (Å²) in [6.45, 7) is 2.08. The molecule has 0 fully saturated rings. The van der Waals surface area contributed by atoms with E-state index < -0.39 is 0 Å². The predicted octanol–water partition coefficient (Wildman–Crippen LogP) is 3.51. The lowest BCUT2D eigenvalue weighted by molar-refractivity contribution is 0.412. The van der Waals surface area contributed by atoms with Crippen molar-refractivity contribution in [3.8, 4) is 5.75 Å². The number of nitrogens with two attached hydrogens (primary N) is 1. The minimum Gasteiger partial charge on any atom is -0.496 e. The van der Waals surface area contributed by atoms with Gasteiger partial charge in [0.15, 0.2) is 0 Å². The highest BCUT2D eigenvalue weighted by Gasteiger charge is 2.12. The molecule has 0 amide bonds. The monoisotopic (exact) mass is 334 g/mol. The molecule has 0 saturated carbocycles. The van der Waals surface area contributed by atoms with Crippen LogP contribution in [-0.2, 0) is 6.42 Å². The summed E-state index contributed by atoms with van der Waals surface area (Å²) in [7, 11) is 1.66. The van der Waals surface area contributed by atoms with Gasteiger partial charge in [0.1, 0.15) is 5.75 Å². The van der Waals surface area contributed by atoms with Gasteiger partial charge < -0.3 is 4.74 Å². The highest BCUT2D eigenvalue weighted by molar-refractivity contribution is 9.10. The van der Waals surface area contributed by atoms with Crippen molar-refractivity contribution in [2.45, 2.75) is 19.4 Å². The Kier molecular flexibility index (Phi) is 5.17. The number of hydrogen-bond donors (Lipinski definition) is 2. The Hall–Kier alpha value is -1.36. The second kappa shape index (κ2) is 6.88. The molecule has 0 radical (unpaired) electrons. The van der Waals surface area contributed by atoms with Crippen LogP contribution in [0.2, 0.25) is 0 Å². The summed E-state index contributed by atoms with van der Waals surface area (Å²) < 4.78 is 6.20. The van der Waals surface area contributed by atoms with E-state index in [4.69, 9.17) is 10.6 Å².